The predicted octanol–water partition coefficient (Wildman–Crippen LogP) is 4.07. The van der Waals surface area contributed by atoms with Crippen LogP contribution >= 0.6 is 11.6 Å². The van der Waals surface area contributed by atoms with E-state index in [-0.39, 0.29) is 36.0 Å². The van der Waals surface area contributed by atoms with Crippen LogP contribution in [-0.2, 0) is 27.0 Å². The van der Waals surface area contributed by atoms with Gasteiger partial charge in [-0.3, -0.25) is 14.5 Å². The van der Waals surface area contributed by atoms with Gasteiger partial charge in [-0.05, 0) is 45.7 Å². The summed E-state index contributed by atoms with van der Waals surface area (Å²) in [7, 11) is 0. The van der Waals surface area contributed by atoms with Gasteiger partial charge in [-0.2, -0.15) is 13.2 Å². The smallest absolute Gasteiger partial charge is 0.452 e. The second-order valence-electron chi connectivity index (χ2n) is 9.75. The standard InChI is InChI=1S/C24H27ClF4N4O6/c1-23(2,3)38-22(36)33-11-13(31-20(34)12-37-15-5-6-16(25)17(26)9-15)4-7-18(33)21(35)30-10-14-8-19(39-32-14)24(27,28)29/h5-6,8-9,13,18H,4,7,10-12H2,1-3H3,(H,30,35)(H,31,34)/t13?,18-/m0/s1. The highest BCUT2D eigenvalue weighted by Gasteiger charge is 2.39. The highest BCUT2D eigenvalue weighted by molar-refractivity contribution is 6.30. The van der Waals surface area contributed by atoms with Crippen LogP contribution in [0, 0.1) is 5.82 Å². The number of carbonyl (C=O) groups excluding carboxylic acids is 3. The molecule has 3 rings (SSSR count). The molecule has 1 unspecified atom stereocenters. The molecule has 0 radical (unpaired) electrons. The molecule has 1 aliphatic heterocycles. The van der Waals surface area contributed by atoms with Gasteiger partial charge in [-0.15, -0.1) is 0 Å². The van der Waals surface area contributed by atoms with Crippen molar-refractivity contribution in [3.63, 3.8) is 0 Å². The summed E-state index contributed by atoms with van der Waals surface area (Å²) >= 11 is 5.62. The lowest BCUT2D eigenvalue weighted by molar-refractivity contribution is -0.155. The second kappa shape index (κ2) is 12.1. The molecule has 1 aliphatic rings. The number of rotatable bonds is 7. The van der Waals surface area contributed by atoms with Gasteiger partial charge in [0.05, 0.1) is 11.6 Å². The molecule has 15 heteroatoms. The van der Waals surface area contributed by atoms with Gasteiger partial charge in [0.15, 0.2) is 6.61 Å². The van der Waals surface area contributed by atoms with Gasteiger partial charge >= 0.3 is 12.3 Å². The summed E-state index contributed by atoms with van der Waals surface area (Å²) in [5.41, 5.74) is -1.04. The molecule has 0 saturated carbocycles. The van der Waals surface area contributed by atoms with E-state index in [4.69, 9.17) is 21.1 Å². The van der Waals surface area contributed by atoms with E-state index in [1.165, 1.54) is 12.1 Å². The van der Waals surface area contributed by atoms with Crippen LogP contribution in [0.15, 0.2) is 28.8 Å². The first-order valence-electron chi connectivity index (χ1n) is 11.8. The Morgan fingerprint density at radius 2 is 1.90 bits per heavy atom. The highest BCUT2D eigenvalue weighted by Crippen LogP contribution is 2.29. The van der Waals surface area contributed by atoms with Crippen molar-refractivity contribution in [1.82, 2.24) is 20.7 Å². The maximum Gasteiger partial charge on any atom is 0.452 e. The predicted molar refractivity (Wildman–Crippen MR) is 128 cm³/mol. The Balaban J connectivity index is 1.61. The molecular weight excluding hydrogens is 552 g/mol. The van der Waals surface area contributed by atoms with Crippen LogP contribution in [0.5, 0.6) is 5.75 Å². The Kier molecular flexibility index (Phi) is 9.30. The lowest BCUT2D eigenvalue weighted by Crippen LogP contribution is -2.59. The third kappa shape index (κ3) is 8.73. The lowest BCUT2D eigenvalue weighted by Gasteiger charge is -2.39. The number of piperidine rings is 1. The zero-order valence-corrected chi connectivity index (χ0v) is 22.0. The molecule has 1 aromatic carbocycles. The summed E-state index contributed by atoms with van der Waals surface area (Å²) < 4.78 is 66.7. The van der Waals surface area contributed by atoms with Crippen molar-refractivity contribution in [1.29, 1.82) is 0 Å². The number of halogens is 5. The molecular formula is C24H27ClF4N4O6. The average molecular weight is 579 g/mol. The maximum atomic E-state index is 13.6. The van der Waals surface area contributed by atoms with E-state index >= 15 is 0 Å². The van der Waals surface area contributed by atoms with Gasteiger partial charge < -0.3 is 24.6 Å². The Labute approximate surface area is 225 Å². The van der Waals surface area contributed by atoms with Gasteiger partial charge in [-0.1, -0.05) is 16.8 Å². The van der Waals surface area contributed by atoms with Crippen molar-refractivity contribution < 1.29 is 45.9 Å². The molecule has 1 fully saturated rings. The minimum atomic E-state index is -4.72. The van der Waals surface area contributed by atoms with Crippen molar-refractivity contribution in [2.45, 2.75) is 64.0 Å². The Morgan fingerprint density at radius 3 is 2.51 bits per heavy atom. The molecule has 2 atom stereocenters. The minimum absolute atomic E-state index is 0.0868. The zero-order valence-electron chi connectivity index (χ0n) is 21.2. The summed E-state index contributed by atoms with van der Waals surface area (Å²) in [4.78, 5) is 39.4. The first kappa shape index (κ1) is 30.0. The third-order valence-electron chi connectivity index (χ3n) is 5.42. The number of aromatic nitrogens is 1. The minimum Gasteiger partial charge on any atom is -0.484 e. The summed E-state index contributed by atoms with van der Waals surface area (Å²) in [6, 6.07) is 2.80. The Hall–Kier alpha value is -3.55. The summed E-state index contributed by atoms with van der Waals surface area (Å²) in [6.07, 6.45) is -5.12. The van der Waals surface area contributed by atoms with Gasteiger partial charge in [0.25, 0.3) is 5.91 Å². The molecule has 39 heavy (non-hydrogen) atoms. The first-order valence-corrected chi connectivity index (χ1v) is 12.2. The summed E-state index contributed by atoms with van der Waals surface area (Å²) in [5, 5.41) is 8.36. The number of benzene rings is 1. The number of carbonyl (C=O) groups is 3. The highest BCUT2D eigenvalue weighted by atomic mass is 35.5. The van der Waals surface area contributed by atoms with Crippen LogP contribution in [0.25, 0.3) is 0 Å². The largest absolute Gasteiger partial charge is 0.484 e. The molecule has 2 aromatic rings. The molecule has 0 aliphatic carbocycles. The number of nitrogens with zero attached hydrogens (tertiary/aromatic N) is 2. The normalized spacial score (nSPS) is 17.9. The Morgan fingerprint density at radius 1 is 1.18 bits per heavy atom. The molecule has 0 bridgehead atoms. The van der Waals surface area contributed by atoms with Crippen molar-refractivity contribution in [2.24, 2.45) is 0 Å². The number of hydrogen-bond donors (Lipinski definition) is 2. The van der Waals surface area contributed by atoms with E-state index in [0.29, 0.717) is 12.5 Å². The molecule has 2 heterocycles. The van der Waals surface area contributed by atoms with Crippen LogP contribution in [0.3, 0.4) is 0 Å². The average Bonchev–Trinajstić information content (AvgIpc) is 3.32. The summed E-state index contributed by atoms with van der Waals surface area (Å²) in [5.74, 6) is -3.10. The fourth-order valence-corrected chi connectivity index (χ4v) is 3.81. The monoisotopic (exact) mass is 578 g/mol. The number of amides is 3. The summed E-state index contributed by atoms with van der Waals surface area (Å²) in [6.45, 7) is 4.04. The topological polar surface area (TPSA) is 123 Å². The number of likely N-dealkylation sites (tertiary alicyclic amines) is 1. The van der Waals surface area contributed by atoms with Gasteiger partial charge in [0.2, 0.25) is 11.7 Å². The van der Waals surface area contributed by atoms with Crippen molar-refractivity contribution in [3.05, 3.63) is 46.6 Å². The van der Waals surface area contributed by atoms with Crippen LogP contribution in [0.2, 0.25) is 5.02 Å². The quantitative estimate of drug-likeness (QED) is 0.475. The molecule has 1 saturated heterocycles. The molecule has 0 spiro atoms. The van der Waals surface area contributed by atoms with Crippen molar-refractivity contribution >= 4 is 29.5 Å². The number of alkyl halides is 3. The van der Waals surface area contributed by atoms with Gasteiger partial charge in [-0.25, -0.2) is 9.18 Å². The molecule has 2 N–H and O–H groups in total. The van der Waals surface area contributed by atoms with E-state index in [1.807, 2.05) is 0 Å². The molecule has 10 nitrogen and oxygen atoms in total. The fraction of sp³-hybridized carbons (Fsp3) is 0.500. The molecule has 1 aromatic heterocycles. The van der Waals surface area contributed by atoms with E-state index in [0.717, 1.165) is 11.0 Å². The fourth-order valence-electron chi connectivity index (χ4n) is 3.69. The second-order valence-corrected chi connectivity index (χ2v) is 10.2. The maximum absolute atomic E-state index is 13.6. The van der Waals surface area contributed by atoms with Crippen LogP contribution in [-0.4, -0.2) is 58.8 Å². The van der Waals surface area contributed by atoms with Gasteiger partial charge in [0, 0.05) is 24.7 Å². The molecule has 214 valence electrons. The van der Waals surface area contributed by atoms with Crippen molar-refractivity contribution in [2.75, 3.05) is 13.2 Å². The SMILES string of the molecule is CC(C)(C)OC(=O)N1CC(NC(=O)COc2ccc(Cl)c(F)c2)CC[C@H]1C(=O)NCc1cc(C(F)(F)F)on1. The van der Waals surface area contributed by atoms with Crippen LogP contribution < -0.4 is 15.4 Å². The number of ether oxygens (including phenoxy) is 2. The van der Waals surface area contributed by atoms with Crippen LogP contribution in [0.1, 0.15) is 45.1 Å². The van der Waals surface area contributed by atoms with Gasteiger partial charge in [0.1, 0.15) is 28.9 Å². The van der Waals surface area contributed by atoms with E-state index < -0.39 is 60.0 Å². The number of nitrogens with one attached hydrogen (secondary N) is 2. The third-order valence-corrected chi connectivity index (χ3v) is 5.73. The van der Waals surface area contributed by atoms with E-state index in [1.54, 1.807) is 20.8 Å². The van der Waals surface area contributed by atoms with Crippen molar-refractivity contribution in [3.8, 4) is 5.75 Å². The molecule has 3 amide bonds. The van der Waals surface area contributed by atoms with Crippen LogP contribution in [0.4, 0.5) is 22.4 Å². The number of hydrogen-bond acceptors (Lipinski definition) is 7. The Bertz CT molecular complexity index is 1200. The first-order chi connectivity index (χ1) is 18.1. The lowest BCUT2D eigenvalue weighted by atomic mass is 9.97. The van der Waals surface area contributed by atoms with E-state index in [2.05, 4.69) is 20.3 Å². The zero-order chi connectivity index (χ0) is 29.0. The van der Waals surface area contributed by atoms with E-state index in [9.17, 15) is 31.9 Å².